The van der Waals surface area contributed by atoms with Crippen molar-refractivity contribution in [2.24, 2.45) is 23.7 Å². The van der Waals surface area contributed by atoms with E-state index in [1.807, 2.05) is 0 Å². The Morgan fingerprint density at radius 1 is 0.944 bits per heavy atom. The van der Waals surface area contributed by atoms with Crippen molar-refractivity contribution in [3.05, 3.63) is 0 Å². The third kappa shape index (κ3) is 4.57. The van der Waals surface area contributed by atoms with Crippen LogP contribution in [0, 0.1) is 23.7 Å². The van der Waals surface area contributed by atoms with Crippen molar-refractivity contribution in [3.8, 4) is 0 Å². The molecule has 108 valence electrons. The maximum atomic E-state index is 3.61. The Kier molecular flexibility index (Phi) is 7.29. The van der Waals surface area contributed by atoms with Crippen LogP contribution in [0.1, 0.15) is 72.6 Å². The highest BCUT2D eigenvalue weighted by molar-refractivity contribution is 4.83. The highest BCUT2D eigenvalue weighted by Gasteiger charge is 2.28. The molecule has 1 N–H and O–H groups in total. The molecule has 1 unspecified atom stereocenters. The number of nitrogens with one attached hydrogen (secondary N) is 1. The van der Waals surface area contributed by atoms with Gasteiger partial charge in [-0.05, 0) is 62.8 Å². The smallest absolute Gasteiger partial charge is 0.00949 e. The normalized spacial score (nSPS) is 26.8. The summed E-state index contributed by atoms with van der Waals surface area (Å²) < 4.78 is 0. The van der Waals surface area contributed by atoms with E-state index in [2.05, 4.69) is 40.1 Å². The Hall–Kier alpha value is -0.0400. The molecule has 0 saturated heterocycles. The van der Waals surface area contributed by atoms with Crippen molar-refractivity contribution in [1.82, 2.24) is 5.32 Å². The topological polar surface area (TPSA) is 12.0 Å². The maximum Gasteiger partial charge on any atom is 0.00949 e. The van der Waals surface area contributed by atoms with Gasteiger partial charge in [0.2, 0.25) is 0 Å². The fourth-order valence-electron chi connectivity index (χ4n) is 3.74. The maximum absolute atomic E-state index is 3.61. The molecule has 1 fully saturated rings. The number of hydrogen-bond acceptors (Lipinski definition) is 1. The van der Waals surface area contributed by atoms with Crippen molar-refractivity contribution in [1.29, 1.82) is 0 Å². The van der Waals surface area contributed by atoms with Crippen molar-refractivity contribution in [2.45, 2.75) is 78.7 Å². The summed E-state index contributed by atoms with van der Waals surface area (Å²) in [6, 6.07) is 0.767. The Balaban J connectivity index is 2.42. The van der Waals surface area contributed by atoms with Gasteiger partial charge in [-0.25, -0.2) is 0 Å². The Morgan fingerprint density at radius 3 is 1.83 bits per heavy atom. The largest absolute Gasteiger partial charge is 0.317 e. The zero-order chi connectivity index (χ0) is 13.5. The molecule has 1 saturated carbocycles. The molecule has 1 atom stereocenters. The van der Waals surface area contributed by atoms with E-state index in [4.69, 9.17) is 0 Å². The molecule has 1 heteroatoms. The lowest BCUT2D eigenvalue weighted by Gasteiger charge is -2.36. The first kappa shape index (κ1) is 16.0. The molecule has 1 rings (SSSR count). The molecule has 0 heterocycles. The van der Waals surface area contributed by atoms with Crippen LogP contribution in [-0.4, -0.2) is 13.1 Å². The predicted octanol–water partition coefficient (Wildman–Crippen LogP) is 4.86. The fraction of sp³-hybridized carbons (Fsp3) is 1.00. The van der Waals surface area contributed by atoms with E-state index < -0.39 is 0 Å². The first-order valence-corrected chi connectivity index (χ1v) is 8.29. The molecule has 18 heavy (non-hydrogen) atoms. The van der Waals surface area contributed by atoms with Crippen molar-refractivity contribution < 1.29 is 0 Å². The molecule has 0 radical (unpaired) electrons. The molecule has 0 aromatic carbocycles. The molecular formula is C17H35N. The Bertz CT molecular complexity index is 200. The first-order chi connectivity index (χ1) is 8.62. The summed E-state index contributed by atoms with van der Waals surface area (Å²) in [5, 5.41) is 3.61. The Labute approximate surface area is 115 Å². The fourth-order valence-corrected chi connectivity index (χ4v) is 3.74. The van der Waals surface area contributed by atoms with E-state index in [1.165, 1.54) is 44.9 Å². The quantitative estimate of drug-likeness (QED) is 0.683. The zero-order valence-corrected chi connectivity index (χ0v) is 13.3. The van der Waals surface area contributed by atoms with Gasteiger partial charge in [0.15, 0.2) is 0 Å². The van der Waals surface area contributed by atoms with Crippen molar-refractivity contribution in [2.75, 3.05) is 7.05 Å². The van der Waals surface area contributed by atoms with Crippen molar-refractivity contribution in [3.63, 3.8) is 0 Å². The summed E-state index contributed by atoms with van der Waals surface area (Å²) in [6.45, 7) is 9.47. The average molecular weight is 253 g/mol. The minimum absolute atomic E-state index is 0.767. The van der Waals surface area contributed by atoms with Gasteiger partial charge in [0, 0.05) is 6.04 Å². The van der Waals surface area contributed by atoms with Crippen LogP contribution in [0.5, 0.6) is 0 Å². The SMILES string of the molecule is CCC(CC)CC(NC)C1CCC(C(C)C)CC1. The molecule has 1 nitrogen and oxygen atoms in total. The third-order valence-corrected chi connectivity index (χ3v) is 5.44. The van der Waals surface area contributed by atoms with Crippen LogP contribution in [0.25, 0.3) is 0 Å². The molecule has 0 aliphatic heterocycles. The van der Waals surface area contributed by atoms with E-state index in [-0.39, 0.29) is 0 Å². The van der Waals surface area contributed by atoms with E-state index in [1.54, 1.807) is 0 Å². The lowest BCUT2D eigenvalue weighted by atomic mass is 9.73. The second-order valence-electron chi connectivity index (χ2n) is 6.73. The molecule has 0 amide bonds. The van der Waals surface area contributed by atoms with E-state index in [0.717, 1.165) is 29.7 Å². The lowest BCUT2D eigenvalue weighted by Crippen LogP contribution is -2.37. The van der Waals surface area contributed by atoms with Gasteiger partial charge in [-0.1, -0.05) is 40.5 Å². The summed E-state index contributed by atoms with van der Waals surface area (Å²) in [4.78, 5) is 0. The van der Waals surface area contributed by atoms with E-state index >= 15 is 0 Å². The monoisotopic (exact) mass is 253 g/mol. The van der Waals surface area contributed by atoms with Crippen LogP contribution in [0.3, 0.4) is 0 Å². The van der Waals surface area contributed by atoms with Crippen LogP contribution in [0.2, 0.25) is 0 Å². The van der Waals surface area contributed by atoms with E-state index in [9.17, 15) is 0 Å². The molecule has 0 bridgehead atoms. The lowest BCUT2D eigenvalue weighted by molar-refractivity contribution is 0.176. The molecule has 0 aromatic rings. The third-order valence-electron chi connectivity index (χ3n) is 5.44. The minimum atomic E-state index is 0.767. The Morgan fingerprint density at radius 2 is 1.44 bits per heavy atom. The van der Waals surface area contributed by atoms with Gasteiger partial charge in [0.05, 0.1) is 0 Å². The molecule has 1 aliphatic carbocycles. The highest BCUT2D eigenvalue weighted by atomic mass is 14.9. The minimum Gasteiger partial charge on any atom is -0.317 e. The van der Waals surface area contributed by atoms with Crippen LogP contribution >= 0.6 is 0 Å². The summed E-state index contributed by atoms with van der Waals surface area (Å²) in [6.07, 6.45) is 9.91. The van der Waals surface area contributed by atoms with Gasteiger partial charge >= 0.3 is 0 Å². The predicted molar refractivity (Wildman–Crippen MR) is 81.8 cm³/mol. The van der Waals surface area contributed by atoms with Crippen LogP contribution in [-0.2, 0) is 0 Å². The number of rotatable bonds is 7. The van der Waals surface area contributed by atoms with Gasteiger partial charge in [-0.15, -0.1) is 0 Å². The standard InChI is InChI=1S/C17H35N/c1-6-14(7-2)12-17(18-5)16-10-8-15(9-11-16)13(3)4/h13-18H,6-12H2,1-5H3. The van der Waals surface area contributed by atoms with Gasteiger partial charge < -0.3 is 5.32 Å². The summed E-state index contributed by atoms with van der Waals surface area (Å²) in [5.74, 6) is 3.74. The zero-order valence-electron chi connectivity index (χ0n) is 13.3. The van der Waals surface area contributed by atoms with Crippen LogP contribution in [0.15, 0.2) is 0 Å². The molecule has 0 spiro atoms. The highest BCUT2D eigenvalue weighted by Crippen LogP contribution is 2.36. The second kappa shape index (κ2) is 8.19. The van der Waals surface area contributed by atoms with Crippen LogP contribution in [0.4, 0.5) is 0 Å². The van der Waals surface area contributed by atoms with Gasteiger partial charge in [0.1, 0.15) is 0 Å². The summed E-state index contributed by atoms with van der Waals surface area (Å²) in [7, 11) is 2.17. The second-order valence-corrected chi connectivity index (χ2v) is 6.73. The average Bonchev–Trinajstić information content (AvgIpc) is 2.40. The summed E-state index contributed by atoms with van der Waals surface area (Å²) >= 11 is 0. The molecule has 1 aliphatic rings. The van der Waals surface area contributed by atoms with Crippen LogP contribution < -0.4 is 5.32 Å². The van der Waals surface area contributed by atoms with Crippen molar-refractivity contribution >= 4 is 0 Å². The first-order valence-electron chi connectivity index (χ1n) is 8.29. The molecular weight excluding hydrogens is 218 g/mol. The van der Waals surface area contributed by atoms with Gasteiger partial charge in [-0.3, -0.25) is 0 Å². The van der Waals surface area contributed by atoms with Gasteiger partial charge in [0.25, 0.3) is 0 Å². The molecule has 0 aromatic heterocycles. The number of hydrogen-bond donors (Lipinski definition) is 1. The van der Waals surface area contributed by atoms with Gasteiger partial charge in [-0.2, -0.15) is 0 Å². The van der Waals surface area contributed by atoms with E-state index in [0.29, 0.717) is 0 Å². The summed E-state index contributed by atoms with van der Waals surface area (Å²) in [5.41, 5.74) is 0.